The molecule has 0 fully saturated rings. The van der Waals surface area contributed by atoms with Crippen molar-refractivity contribution in [1.29, 1.82) is 0 Å². The van der Waals surface area contributed by atoms with E-state index < -0.39 is 35.4 Å². The average molecular weight is 274 g/mol. The molecule has 0 aliphatic carbocycles. The first-order valence-electron chi connectivity index (χ1n) is 3.31. The molecule has 1 rings (SSSR count). The monoisotopic (exact) mass is 273 g/mol. The number of rotatable bonds is 2. The van der Waals surface area contributed by atoms with Crippen LogP contribution >= 0.6 is 22.3 Å². The second-order valence-corrected chi connectivity index (χ2v) is 5.37. The molecule has 9 heteroatoms. The van der Waals surface area contributed by atoms with E-state index >= 15 is 0 Å². The van der Waals surface area contributed by atoms with Crippen LogP contribution in [0.15, 0.2) is 17.0 Å². The smallest absolute Gasteiger partial charge is 0.258 e. The molecule has 0 aliphatic heterocycles. The standard InChI is InChI=1S/C6H2Cl2FNO4S/c7-3-1-6(15(8,13)14)4(9)2-5(3)10(11)12/h1-2H. The Balaban J connectivity index is 3.52. The zero-order valence-electron chi connectivity index (χ0n) is 6.78. The molecule has 0 radical (unpaired) electrons. The molecule has 0 N–H and O–H groups in total. The Kier molecular flexibility index (Phi) is 3.17. The van der Waals surface area contributed by atoms with Crippen molar-refractivity contribution in [3.05, 3.63) is 33.1 Å². The minimum atomic E-state index is -4.31. The maximum Gasteiger partial charge on any atom is 0.290 e. The maximum absolute atomic E-state index is 13.1. The molecule has 0 atom stereocenters. The van der Waals surface area contributed by atoms with Gasteiger partial charge < -0.3 is 0 Å². The largest absolute Gasteiger partial charge is 0.290 e. The van der Waals surface area contributed by atoms with Gasteiger partial charge in [-0.05, 0) is 6.07 Å². The van der Waals surface area contributed by atoms with Gasteiger partial charge in [0.2, 0.25) is 0 Å². The topological polar surface area (TPSA) is 77.3 Å². The first-order valence-corrected chi connectivity index (χ1v) is 6.00. The summed E-state index contributed by atoms with van der Waals surface area (Å²) in [4.78, 5) is 8.48. The molecule has 0 heterocycles. The normalized spacial score (nSPS) is 11.4. The lowest BCUT2D eigenvalue weighted by Gasteiger charge is -2.00. The van der Waals surface area contributed by atoms with Crippen LogP contribution in [0.3, 0.4) is 0 Å². The summed E-state index contributed by atoms with van der Waals surface area (Å²) in [5.41, 5.74) is -0.724. The molecular formula is C6H2Cl2FNO4S. The van der Waals surface area contributed by atoms with Gasteiger partial charge in [-0.1, -0.05) is 11.6 Å². The number of hydrogen-bond acceptors (Lipinski definition) is 4. The first-order chi connectivity index (χ1) is 6.73. The summed E-state index contributed by atoms with van der Waals surface area (Å²) in [6.45, 7) is 0. The molecule has 0 bridgehead atoms. The van der Waals surface area contributed by atoms with Crippen molar-refractivity contribution in [3.63, 3.8) is 0 Å². The summed E-state index contributed by atoms with van der Waals surface area (Å²) in [5.74, 6) is -1.32. The Morgan fingerprint density at radius 3 is 2.33 bits per heavy atom. The van der Waals surface area contributed by atoms with Crippen LogP contribution in [0.4, 0.5) is 10.1 Å². The third-order valence-corrected chi connectivity index (χ3v) is 3.10. The van der Waals surface area contributed by atoms with E-state index in [1.165, 1.54) is 0 Å². The molecule has 5 nitrogen and oxygen atoms in total. The predicted molar refractivity (Wildman–Crippen MR) is 51.1 cm³/mol. The third kappa shape index (κ3) is 2.55. The highest BCUT2D eigenvalue weighted by atomic mass is 35.7. The van der Waals surface area contributed by atoms with Gasteiger partial charge in [-0.2, -0.15) is 0 Å². The average Bonchev–Trinajstić information content (AvgIpc) is 2.06. The van der Waals surface area contributed by atoms with E-state index in [1.807, 2.05) is 0 Å². The molecule has 1 aromatic rings. The lowest BCUT2D eigenvalue weighted by atomic mass is 10.3. The molecule has 0 amide bonds. The zero-order chi connectivity index (χ0) is 11.8. The summed E-state index contributed by atoms with van der Waals surface area (Å²) >= 11 is 5.37. The van der Waals surface area contributed by atoms with E-state index in [1.54, 1.807) is 0 Å². The van der Waals surface area contributed by atoms with Crippen molar-refractivity contribution in [3.8, 4) is 0 Å². The highest BCUT2D eigenvalue weighted by Gasteiger charge is 2.23. The number of nitro benzene ring substituents is 1. The molecule has 82 valence electrons. The van der Waals surface area contributed by atoms with Gasteiger partial charge in [-0.3, -0.25) is 10.1 Å². The quantitative estimate of drug-likeness (QED) is 0.471. The van der Waals surface area contributed by atoms with Gasteiger partial charge in [0.1, 0.15) is 15.7 Å². The van der Waals surface area contributed by atoms with Crippen LogP contribution in [0.1, 0.15) is 0 Å². The molecule has 0 saturated carbocycles. The fourth-order valence-corrected chi connectivity index (χ4v) is 2.05. The Bertz CT molecular complexity index is 530. The van der Waals surface area contributed by atoms with Gasteiger partial charge in [-0.15, -0.1) is 0 Å². The van der Waals surface area contributed by atoms with Gasteiger partial charge in [0.15, 0.2) is 0 Å². The Labute approximate surface area is 93.0 Å². The van der Waals surface area contributed by atoms with Crippen LogP contribution in [0, 0.1) is 15.9 Å². The summed E-state index contributed by atoms with van der Waals surface area (Å²) < 4.78 is 34.6. The van der Waals surface area contributed by atoms with Crippen molar-refractivity contribution in [2.24, 2.45) is 0 Å². The van der Waals surface area contributed by atoms with E-state index in [0.717, 1.165) is 0 Å². The number of nitro groups is 1. The zero-order valence-corrected chi connectivity index (χ0v) is 9.11. The fraction of sp³-hybridized carbons (Fsp3) is 0. The number of hydrogen-bond donors (Lipinski definition) is 0. The minimum Gasteiger partial charge on any atom is -0.258 e. The predicted octanol–water partition coefficient (Wildman–Crippen LogP) is 2.31. The Hall–Kier alpha value is -0.920. The van der Waals surface area contributed by atoms with Gasteiger partial charge in [-0.25, -0.2) is 12.8 Å². The Morgan fingerprint density at radius 2 is 1.93 bits per heavy atom. The number of nitrogens with zero attached hydrogens (tertiary/aromatic N) is 1. The molecule has 0 saturated heterocycles. The van der Waals surface area contributed by atoms with Crippen molar-refractivity contribution in [2.45, 2.75) is 4.90 Å². The van der Waals surface area contributed by atoms with Crippen LogP contribution in [0.2, 0.25) is 5.02 Å². The molecule has 0 aliphatic rings. The summed E-state index contributed by atoms with van der Waals surface area (Å²) in [5, 5.41) is 9.81. The molecule has 0 spiro atoms. The molecule has 1 aromatic carbocycles. The van der Waals surface area contributed by atoms with Crippen LogP contribution in [0.5, 0.6) is 0 Å². The molecule has 0 aromatic heterocycles. The number of benzene rings is 1. The van der Waals surface area contributed by atoms with Crippen molar-refractivity contribution in [2.75, 3.05) is 0 Å². The lowest BCUT2D eigenvalue weighted by molar-refractivity contribution is -0.384. The summed E-state index contributed by atoms with van der Waals surface area (Å²) in [6.07, 6.45) is 0. The van der Waals surface area contributed by atoms with Gasteiger partial charge in [0, 0.05) is 10.7 Å². The molecule has 15 heavy (non-hydrogen) atoms. The maximum atomic E-state index is 13.1. The second-order valence-electron chi connectivity index (χ2n) is 2.43. The van der Waals surface area contributed by atoms with E-state index in [-0.39, 0.29) is 0 Å². The fourth-order valence-electron chi connectivity index (χ4n) is 0.845. The second kappa shape index (κ2) is 3.92. The van der Waals surface area contributed by atoms with Crippen molar-refractivity contribution < 1.29 is 17.7 Å². The molecular weight excluding hydrogens is 272 g/mol. The van der Waals surface area contributed by atoms with E-state index in [4.69, 9.17) is 22.3 Å². The van der Waals surface area contributed by atoms with Crippen molar-refractivity contribution >= 4 is 37.0 Å². The number of halogens is 3. The first kappa shape index (κ1) is 12.2. The van der Waals surface area contributed by atoms with Gasteiger partial charge in [0.25, 0.3) is 14.7 Å². The molecule has 0 unspecified atom stereocenters. The van der Waals surface area contributed by atoms with E-state index in [0.29, 0.717) is 12.1 Å². The Morgan fingerprint density at radius 1 is 1.40 bits per heavy atom. The highest BCUT2D eigenvalue weighted by molar-refractivity contribution is 8.13. The van der Waals surface area contributed by atoms with Crippen LogP contribution in [0.25, 0.3) is 0 Å². The van der Waals surface area contributed by atoms with Crippen LogP contribution < -0.4 is 0 Å². The van der Waals surface area contributed by atoms with Crippen LogP contribution in [-0.2, 0) is 9.05 Å². The van der Waals surface area contributed by atoms with Crippen LogP contribution in [-0.4, -0.2) is 13.3 Å². The van der Waals surface area contributed by atoms with Gasteiger partial charge >= 0.3 is 0 Å². The van der Waals surface area contributed by atoms with E-state index in [2.05, 4.69) is 0 Å². The van der Waals surface area contributed by atoms with E-state index in [9.17, 15) is 22.9 Å². The SMILES string of the molecule is O=[N+]([O-])c1cc(F)c(S(=O)(=O)Cl)cc1Cl. The summed E-state index contributed by atoms with van der Waals surface area (Å²) in [6, 6.07) is 0.995. The van der Waals surface area contributed by atoms with Gasteiger partial charge in [0.05, 0.1) is 11.0 Å². The minimum absolute atomic E-state index is 0.400. The summed E-state index contributed by atoms with van der Waals surface area (Å²) in [7, 11) is 0.563. The van der Waals surface area contributed by atoms with Crippen molar-refractivity contribution in [1.82, 2.24) is 0 Å². The third-order valence-electron chi connectivity index (χ3n) is 1.46. The highest BCUT2D eigenvalue weighted by Crippen LogP contribution is 2.30. The lowest BCUT2D eigenvalue weighted by Crippen LogP contribution is -1.98.